The van der Waals surface area contributed by atoms with Gasteiger partial charge in [-0.05, 0) is 55.2 Å². The first-order valence-corrected chi connectivity index (χ1v) is 8.20. The number of rotatable bonds is 5. The van der Waals surface area contributed by atoms with Crippen molar-refractivity contribution in [2.75, 3.05) is 12.3 Å². The van der Waals surface area contributed by atoms with Crippen LogP contribution < -0.4 is 5.32 Å². The maximum absolute atomic E-state index is 3.62. The summed E-state index contributed by atoms with van der Waals surface area (Å²) in [6, 6.07) is 9.85. The third kappa shape index (κ3) is 4.33. The third-order valence-corrected chi connectivity index (χ3v) is 4.74. The molecule has 1 aliphatic heterocycles. The van der Waals surface area contributed by atoms with E-state index in [-0.39, 0.29) is 0 Å². The summed E-state index contributed by atoms with van der Waals surface area (Å²) in [5.41, 5.74) is 1.44. The van der Waals surface area contributed by atoms with Crippen LogP contribution in [-0.2, 0) is 0 Å². The van der Waals surface area contributed by atoms with E-state index in [4.69, 9.17) is 0 Å². The molecule has 1 heterocycles. The molecule has 0 bridgehead atoms. The molecular weight excluding hydrogens is 238 g/mol. The van der Waals surface area contributed by atoms with E-state index in [1.807, 2.05) is 11.8 Å². The molecule has 0 aromatic heterocycles. The van der Waals surface area contributed by atoms with Crippen molar-refractivity contribution in [3.05, 3.63) is 29.8 Å². The third-order valence-electron chi connectivity index (χ3n) is 3.69. The first-order chi connectivity index (χ1) is 8.75. The molecule has 18 heavy (non-hydrogen) atoms. The lowest BCUT2D eigenvalue weighted by molar-refractivity contribution is 0.395. The number of hydrogen-bond donors (Lipinski definition) is 1. The lowest BCUT2D eigenvalue weighted by Gasteiger charge is -2.23. The molecule has 1 aliphatic rings. The van der Waals surface area contributed by atoms with Crippen molar-refractivity contribution in [3.8, 4) is 0 Å². The van der Waals surface area contributed by atoms with Crippen LogP contribution in [0.25, 0.3) is 0 Å². The van der Waals surface area contributed by atoms with Crippen LogP contribution in [0.4, 0.5) is 0 Å². The highest BCUT2D eigenvalue weighted by Crippen LogP contribution is 2.23. The summed E-state index contributed by atoms with van der Waals surface area (Å²) in [5, 5.41) is 3.62. The highest BCUT2D eigenvalue weighted by atomic mass is 32.2. The summed E-state index contributed by atoms with van der Waals surface area (Å²) in [4.78, 5) is 1.41. The molecule has 0 saturated carbocycles. The van der Waals surface area contributed by atoms with Crippen LogP contribution in [0.5, 0.6) is 0 Å². The van der Waals surface area contributed by atoms with Crippen LogP contribution in [-0.4, -0.2) is 18.3 Å². The molecule has 0 radical (unpaired) electrons. The zero-order chi connectivity index (χ0) is 12.8. The fraction of sp³-hybridized carbons (Fsp3) is 0.625. The molecule has 2 heteroatoms. The molecule has 0 amide bonds. The zero-order valence-corrected chi connectivity index (χ0v) is 12.4. The van der Waals surface area contributed by atoms with Crippen molar-refractivity contribution < 1.29 is 0 Å². The second kappa shape index (κ2) is 7.20. The molecule has 0 spiro atoms. The van der Waals surface area contributed by atoms with Gasteiger partial charge in [0.15, 0.2) is 0 Å². The van der Waals surface area contributed by atoms with E-state index in [2.05, 4.69) is 43.4 Å². The number of nitrogens with one attached hydrogen (secondary N) is 1. The normalized spacial score (nSPS) is 20.3. The maximum atomic E-state index is 3.62. The summed E-state index contributed by atoms with van der Waals surface area (Å²) in [5.74, 6) is 1.87. The SMILES string of the molecule is CC(C)c1ccc(SCCC2CCCCN2)cc1. The zero-order valence-electron chi connectivity index (χ0n) is 11.6. The van der Waals surface area contributed by atoms with Gasteiger partial charge in [-0.2, -0.15) is 0 Å². The lowest BCUT2D eigenvalue weighted by atomic mass is 10.0. The Morgan fingerprint density at radius 2 is 2.00 bits per heavy atom. The molecule has 1 fully saturated rings. The Kier molecular flexibility index (Phi) is 5.58. The van der Waals surface area contributed by atoms with E-state index < -0.39 is 0 Å². The topological polar surface area (TPSA) is 12.0 Å². The van der Waals surface area contributed by atoms with Crippen molar-refractivity contribution >= 4 is 11.8 Å². The van der Waals surface area contributed by atoms with E-state index in [1.165, 1.54) is 48.4 Å². The molecule has 0 aliphatic carbocycles. The Labute approximate surface area is 116 Å². The van der Waals surface area contributed by atoms with Crippen molar-refractivity contribution in [1.29, 1.82) is 0 Å². The first-order valence-electron chi connectivity index (χ1n) is 7.22. The van der Waals surface area contributed by atoms with E-state index in [1.54, 1.807) is 0 Å². The molecule has 1 unspecified atom stereocenters. The van der Waals surface area contributed by atoms with Gasteiger partial charge in [-0.3, -0.25) is 0 Å². The van der Waals surface area contributed by atoms with Crippen LogP contribution in [0.2, 0.25) is 0 Å². The van der Waals surface area contributed by atoms with Gasteiger partial charge in [-0.1, -0.05) is 32.4 Å². The monoisotopic (exact) mass is 263 g/mol. The minimum Gasteiger partial charge on any atom is -0.314 e. The van der Waals surface area contributed by atoms with Crippen LogP contribution in [0.1, 0.15) is 51.0 Å². The van der Waals surface area contributed by atoms with E-state index in [0.29, 0.717) is 5.92 Å². The number of benzene rings is 1. The van der Waals surface area contributed by atoms with Crippen LogP contribution in [0.3, 0.4) is 0 Å². The maximum Gasteiger partial charge on any atom is 0.00750 e. The fourth-order valence-corrected chi connectivity index (χ4v) is 3.40. The Bertz CT molecular complexity index is 339. The highest BCUT2D eigenvalue weighted by Gasteiger charge is 2.11. The standard InChI is InChI=1S/C16H25NS/c1-13(2)14-6-8-16(9-7-14)18-12-10-15-5-3-4-11-17-15/h6-9,13,15,17H,3-5,10-12H2,1-2H3. The molecule has 2 rings (SSSR count). The molecule has 1 aromatic carbocycles. The van der Waals surface area contributed by atoms with Crippen LogP contribution in [0.15, 0.2) is 29.2 Å². The van der Waals surface area contributed by atoms with Gasteiger partial charge < -0.3 is 5.32 Å². The molecule has 1 nitrogen and oxygen atoms in total. The minimum atomic E-state index is 0.635. The minimum absolute atomic E-state index is 0.635. The average molecular weight is 263 g/mol. The summed E-state index contributed by atoms with van der Waals surface area (Å²) in [6.07, 6.45) is 5.44. The highest BCUT2D eigenvalue weighted by molar-refractivity contribution is 7.99. The van der Waals surface area contributed by atoms with E-state index in [9.17, 15) is 0 Å². The number of piperidine rings is 1. The Morgan fingerprint density at radius 3 is 2.61 bits per heavy atom. The second-order valence-electron chi connectivity index (χ2n) is 5.51. The predicted molar refractivity (Wildman–Crippen MR) is 81.5 cm³/mol. The van der Waals surface area contributed by atoms with Gasteiger partial charge in [0.2, 0.25) is 0 Å². The summed E-state index contributed by atoms with van der Waals surface area (Å²) in [6.45, 7) is 5.71. The van der Waals surface area contributed by atoms with Gasteiger partial charge in [0.1, 0.15) is 0 Å². The quantitative estimate of drug-likeness (QED) is 0.789. The van der Waals surface area contributed by atoms with Gasteiger partial charge in [-0.15, -0.1) is 11.8 Å². The lowest BCUT2D eigenvalue weighted by Crippen LogP contribution is -2.34. The Hall–Kier alpha value is -0.470. The van der Waals surface area contributed by atoms with Gasteiger partial charge >= 0.3 is 0 Å². The smallest absolute Gasteiger partial charge is 0.00750 e. The van der Waals surface area contributed by atoms with E-state index in [0.717, 1.165) is 6.04 Å². The van der Waals surface area contributed by atoms with Gasteiger partial charge in [0, 0.05) is 10.9 Å². The molecule has 1 saturated heterocycles. The number of thioether (sulfide) groups is 1. The van der Waals surface area contributed by atoms with Gasteiger partial charge in [0.25, 0.3) is 0 Å². The molecular formula is C16H25NS. The summed E-state index contributed by atoms with van der Waals surface area (Å²) < 4.78 is 0. The molecule has 1 N–H and O–H groups in total. The van der Waals surface area contributed by atoms with Crippen molar-refractivity contribution in [2.24, 2.45) is 0 Å². The first kappa shape index (κ1) is 14.0. The van der Waals surface area contributed by atoms with Crippen molar-refractivity contribution in [1.82, 2.24) is 5.32 Å². The van der Waals surface area contributed by atoms with Crippen molar-refractivity contribution in [3.63, 3.8) is 0 Å². The van der Waals surface area contributed by atoms with Gasteiger partial charge in [0.05, 0.1) is 0 Å². The Balaban J connectivity index is 1.72. The van der Waals surface area contributed by atoms with Crippen LogP contribution >= 0.6 is 11.8 Å². The van der Waals surface area contributed by atoms with Crippen LogP contribution in [0, 0.1) is 0 Å². The predicted octanol–water partition coefficient (Wildman–Crippen LogP) is 4.43. The second-order valence-corrected chi connectivity index (χ2v) is 6.68. The van der Waals surface area contributed by atoms with Crippen molar-refractivity contribution in [2.45, 2.75) is 56.4 Å². The summed E-state index contributed by atoms with van der Waals surface area (Å²) >= 11 is 1.99. The van der Waals surface area contributed by atoms with E-state index >= 15 is 0 Å². The van der Waals surface area contributed by atoms with Gasteiger partial charge in [-0.25, -0.2) is 0 Å². The molecule has 1 atom stereocenters. The number of hydrogen-bond acceptors (Lipinski definition) is 2. The average Bonchev–Trinajstić information content (AvgIpc) is 2.40. The molecule has 100 valence electrons. The Morgan fingerprint density at radius 1 is 1.22 bits per heavy atom. The summed E-state index contributed by atoms with van der Waals surface area (Å²) in [7, 11) is 0. The fourth-order valence-electron chi connectivity index (χ4n) is 2.44. The largest absolute Gasteiger partial charge is 0.314 e. The molecule has 1 aromatic rings.